The molecule has 0 bridgehead atoms. The fourth-order valence-electron chi connectivity index (χ4n) is 3.53. The van der Waals surface area contributed by atoms with Gasteiger partial charge in [-0.2, -0.15) is 0 Å². The van der Waals surface area contributed by atoms with Gasteiger partial charge in [0.25, 0.3) is 0 Å². The lowest BCUT2D eigenvalue weighted by Gasteiger charge is -2.16. The van der Waals surface area contributed by atoms with Gasteiger partial charge in [0.15, 0.2) is 11.0 Å². The minimum atomic E-state index is -0.322. The minimum Gasteiger partial charge on any atom is -0.465 e. The molecule has 0 unspecified atom stereocenters. The number of rotatable bonds is 7. The number of aromatic nitrogens is 3. The number of para-hydroxylation sites is 1. The van der Waals surface area contributed by atoms with Gasteiger partial charge in [0.05, 0.1) is 19.2 Å². The van der Waals surface area contributed by atoms with Gasteiger partial charge in [-0.25, -0.2) is 4.79 Å². The molecule has 1 fully saturated rings. The molecule has 0 N–H and O–H groups in total. The summed E-state index contributed by atoms with van der Waals surface area (Å²) in [5.41, 5.74) is 2.67. The van der Waals surface area contributed by atoms with Crippen LogP contribution in [0.15, 0.2) is 59.8 Å². The van der Waals surface area contributed by atoms with Gasteiger partial charge >= 0.3 is 5.97 Å². The second kappa shape index (κ2) is 9.24. The largest absolute Gasteiger partial charge is 0.465 e. The fraction of sp³-hybridized carbons (Fsp3) is 0.318. The smallest absolute Gasteiger partial charge is 0.337 e. The molecule has 150 valence electrons. The van der Waals surface area contributed by atoms with Crippen LogP contribution in [0.1, 0.15) is 34.6 Å². The lowest BCUT2D eigenvalue weighted by Crippen LogP contribution is -2.21. The number of hydrogen-bond donors (Lipinski definition) is 0. The Hall–Kier alpha value is -2.64. The van der Waals surface area contributed by atoms with Crippen LogP contribution >= 0.6 is 11.8 Å². The van der Waals surface area contributed by atoms with Crippen molar-refractivity contribution in [1.82, 2.24) is 19.7 Å². The number of nitrogens with zero attached hydrogens (tertiary/aromatic N) is 4. The quantitative estimate of drug-likeness (QED) is 0.436. The monoisotopic (exact) mass is 408 g/mol. The number of thioether (sulfide) groups is 1. The maximum atomic E-state index is 11.8. The van der Waals surface area contributed by atoms with Crippen LogP contribution in [-0.2, 0) is 17.0 Å². The zero-order valence-electron chi connectivity index (χ0n) is 16.5. The molecule has 4 rings (SSSR count). The normalized spacial score (nSPS) is 14.2. The van der Waals surface area contributed by atoms with Crippen molar-refractivity contribution in [2.75, 3.05) is 20.2 Å². The third-order valence-electron chi connectivity index (χ3n) is 4.99. The van der Waals surface area contributed by atoms with Gasteiger partial charge in [-0.3, -0.25) is 9.47 Å². The number of carbonyl (C=O) groups excluding carboxylic acids is 1. The first-order valence-electron chi connectivity index (χ1n) is 9.77. The molecule has 6 nitrogen and oxygen atoms in total. The van der Waals surface area contributed by atoms with Crippen molar-refractivity contribution < 1.29 is 9.53 Å². The molecule has 1 saturated heterocycles. The summed E-state index contributed by atoms with van der Waals surface area (Å²) in [7, 11) is 1.40. The van der Waals surface area contributed by atoms with Crippen LogP contribution in [0.25, 0.3) is 5.69 Å². The highest BCUT2D eigenvalue weighted by Gasteiger charge is 2.19. The summed E-state index contributed by atoms with van der Waals surface area (Å²) in [5.74, 6) is 1.33. The van der Waals surface area contributed by atoms with Crippen molar-refractivity contribution in [3.05, 3.63) is 71.5 Å². The summed E-state index contributed by atoms with van der Waals surface area (Å²) >= 11 is 1.62. The first-order chi connectivity index (χ1) is 14.2. The maximum absolute atomic E-state index is 11.8. The number of ether oxygens (including phenoxy) is 1. The molecule has 0 aliphatic carbocycles. The van der Waals surface area contributed by atoms with Gasteiger partial charge < -0.3 is 4.74 Å². The van der Waals surface area contributed by atoms with Crippen molar-refractivity contribution in [3.8, 4) is 5.69 Å². The highest BCUT2D eigenvalue weighted by Crippen LogP contribution is 2.26. The summed E-state index contributed by atoms with van der Waals surface area (Å²) in [5, 5.41) is 9.84. The standard InChI is InChI=1S/C22H24N4O2S/c1-28-21(27)18-9-7-8-17(14-18)16-29-22-24-23-20(15-25-12-5-6-13-25)26(22)19-10-3-2-4-11-19/h2-4,7-11,14H,5-6,12-13,15-16H2,1H3. The first kappa shape index (κ1) is 19.7. The van der Waals surface area contributed by atoms with Gasteiger partial charge in [0.2, 0.25) is 0 Å². The van der Waals surface area contributed by atoms with E-state index < -0.39 is 0 Å². The average molecular weight is 409 g/mol. The highest BCUT2D eigenvalue weighted by molar-refractivity contribution is 7.98. The lowest BCUT2D eigenvalue weighted by atomic mass is 10.1. The van der Waals surface area contributed by atoms with Gasteiger partial charge in [-0.05, 0) is 55.8 Å². The van der Waals surface area contributed by atoms with Gasteiger partial charge in [-0.15, -0.1) is 10.2 Å². The van der Waals surface area contributed by atoms with Crippen LogP contribution in [0, 0.1) is 0 Å². The number of methoxy groups -OCH3 is 1. The summed E-state index contributed by atoms with van der Waals surface area (Å²) < 4.78 is 6.97. The van der Waals surface area contributed by atoms with Crippen molar-refractivity contribution in [3.63, 3.8) is 0 Å². The van der Waals surface area contributed by atoms with Crippen LogP contribution in [0.4, 0.5) is 0 Å². The second-order valence-corrected chi connectivity index (χ2v) is 7.98. The van der Waals surface area contributed by atoms with E-state index in [0.717, 1.165) is 41.9 Å². The second-order valence-electron chi connectivity index (χ2n) is 7.03. The molecule has 1 aliphatic heterocycles. The zero-order chi connectivity index (χ0) is 20.1. The molecule has 29 heavy (non-hydrogen) atoms. The van der Waals surface area contributed by atoms with Crippen LogP contribution in [0.3, 0.4) is 0 Å². The highest BCUT2D eigenvalue weighted by atomic mass is 32.2. The Morgan fingerprint density at radius 3 is 2.62 bits per heavy atom. The summed E-state index contributed by atoms with van der Waals surface area (Å²) in [4.78, 5) is 14.2. The van der Waals surface area contributed by atoms with Crippen molar-refractivity contribution in [2.24, 2.45) is 0 Å². The number of esters is 1. The summed E-state index contributed by atoms with van der Waals surface area (Å²) in [6, 6.07) is 17.8. The van der Waals surface area contributed by atoms with E-state index in [4.69, 9.17) is 4.74 Å². The molecule has 2 aromatic carbocycles. The molecule has 1 aromatic heterocycles. The Labute approximate surface area is 174 Å². The SMILES string of the molecule is COC(=O)c1cccc(CSc2nnc(CN3CCCC3)n2-c2ccccc2)c1. The van der Waals surface area contributed by atoms with E-state index in [1.54, 1.807) is 17.8 Å². The van der Waals surface area contributed by atoms with Crippen LogP contribution < -0.4 is 0 Å². The first-order valence-corrected chi connectivity index (χ1v) is 10.8. The van der Waals surface area contributed by atoms with Gasteiger partial charge in [0, 0.05) is 11.4 Å². The predicted molar refractivity (Wildman–Crippen MR) is 113 cm³/mol. The molecule has 2 heterocycles. The molecular formula is C22H24N4O2S. The topological polar surface area (TPSA) is 60.2 Å². The van der Waals surface area contributed by atoms with E-state index in [-0.39, 0.29) is 5.97 Å². The Kier molecular flexibility index (Phi) is 6.27. The molecule has 0 atom stereocenters. The third-order valence-corrected chi connectivity index (χ3v) is 5.99. The van der Waals surface area contributed by atoms with Crippen LogP contribution in [0.5, 0.6) is 0 Å². The Bertz CT molecular complexity index is 968. The van der Waals surface area contributed by atoms with Crippen molar-refractivity contribution in [2.45, 2.75) is 30.3 Å². The molecule has 0 amide bonds. The molecule has 7 heteroatoms. The molecule has 0 spiro atoms. The Morgan fingerprint density at radius 1 is 1.07 bits per heavy atom. The number of likely N-dealkylation sites (tertiary alicyclic amines) is 1. The molecule has 3 aromatic rings. The minimum absolute atomic E-state index is 0.322. The van der Waals surface area contributed by atoms with E-state index in [0.29, 0.717) is 11.3 Å². The molecular weight excluding hydrogens is 384 g/mol. The fourth-order valence-corrected chi connectivity index (χ4v) is 4.44. The molecule has 1 aliphatic rings. The van der Waals surface area contributed by atoms with E-state index >= 15 is 0 Å². The summed E-state index contributed by atoms with van der Waals surface area (Å²) in [6.07, 6.45) is 2.50. The van der Waals surface area contributed by atoms with Crippen molar-refractivity contribution >= 4 is 17.7 Å². The number of carbonyl (C=O) groups is 1. The van der Waals surface area contributed by atoms with Gasteiger partial charge in [0.1, 0.15) is 0 Å². The van der Waals surface area contributed by atoms with Gasteiger partial charge in [-0.1, -0.05) is 42.1 Å². The maximum Gasteiger partial charge on any atom is 0.337 e. The predicted octanol–water partition coefficient (Wildman–Crippen LogP) is 3.94. The summed E-state index contributed by atoms with van der Waals surface area (Å²) in [6.45, 7) is 3.04. The van der Waals surface area contributed by atoms with Crippen molar-refractivity contribution in [1.29, 1.82) is 0 Å². The Balaban J connectivity index is 1.57. The van der Waals surface area contributed by atoms with Crippen LogP contribution in [-0.4, -0.2) is 45.8 Å². The van der Waals surface area contributed by atoms with E-state index in [2.05, 4.69) is 31.8 Å². The lowest BCUT2D eigenvalue weighted by molar-refractivity contribution is 0.0600. The van der Waals surface area contributed by atoms with E-state index in [1.807, 2.05) is 36.4 Å². The van der Waals surface area contributed by atoms with E-state index in [1.165, 1.54) is 20.0 Å². The van der Waals surface area contributed by atoms with Crippen LogP contribution in [0.2, 0.25) is 0 Å². The molecule has 0 saturated carbocycles. The average Bonchev–Trinajstić information content (AvgIpc) is 3.43. The third kappa shape index (κ3) is 4.68. The number of benzene rings is 2. The molecule has 0 radical (unpaired) electrons. The number of hydrogen-bond acceptors (Lipinski definition) is 6. The zero-order valence-corrected chi connectivity index (χ0v) is 17.3. The van der Waals surface area contributed by atoms with E-state index in [9.17, 15) is 4.79 Å². The Morgan fingerprint density at radius 2 is 1.86 bits per heavy atom.